The topological polar surface area (TPSA) is 40.6 Å². The first-order valence-corrected chi connectivity index (χ1v) is 5.26. The van der Waals surface area contributed by atoms with Gasteiger partial charge in [0, 0.05) is 13.6 Å². The quantitative estimate of drug-likeness (QED) is 0.556. The molecule has 0 aromatic carbocycles. The SMILES string of the molecule is CN1C(=O)C(C)(C)C(=O)N2CCCC=C12. The van der Waals surface area contributed by atoms with E-state index in [1.807, 2.05) is 6.08 Å². The van der Waals surface area contributed by atoms with Gasteiger partial charge in [0.05, 0.1) is 0 Å². The molecule has 1 fully saturated rings. The molecule has 0 aromatic heterocycles. The largest absolute Gasteiger partial charge is 0.301 e. The van der Waals surface area contributed by atoms with Gasteiger partial charge in [-0.3, -0.25) is 14.5 Å². The second kappa shape index (κ2) is 3.08. The molecule has 2 amide bonds. The summed E-state index contributed by atoms with van der Waals surface area (Å²) in [6.45, 7) is 4.12. The zero-order chi connectivity index (χ0) is 11.2. The fourth-order valence-corrected chi connectivity index (χ4v) is 2.18. The van der Waals surface area contributed by atoms with Crippen molar-refractivity contribution < 1.29 is 9.59 Å². The fraction of sp³-hybridized carbons (Fsp3) is 0.636. The highest BCUT2D eigenvalue weighted by Crippen LogP contribution is 2.33. The van der Waals surface area contributed by atoms with Gasteiger partial charge in [0.1, 0.15) is 11.2 Å². The molecule has 4 nitrogen and oxygen atoms in total. The van der Waals surface area contributed by atoms with Gasteiger partial charge in [0.2, 0.25) is 11.8 Å². The molecule has 0 atom stereocenters. The van der Waals surface area contributed by atoms with Crippen molar-refractivity contribution in [3.8, 4) is 0 Å². The number of fused-ring (bicyclic) bond motifs is 1. The van der Waals surface area contributed by atoms with E-state index in [1.54, 1.807) is 30.7 Å². The predicted molar refractivity (Wildman–Crippen MR) is 55.6 cm³/mol. The van der Waals surface area contributed by atoms with Crippen LogP contribution in [0.2, 0.25) is 0 Å². The lowest BCUT2D eigenvalue weighted by atomic mass is 9.87. The van der Waals surface area contributed by atoms with Crippen LogP contribution in [0.4, 0.5) is 0 Å². The molecule has 4 heteroatoms. The van der Waals surface area contributed by atoms with Crippen molar-refractivity contribution >= 4 is 11.8 Å². The summed E-state index contributed by atoms with van der Waals surface area (Å²) >= 11 is 0. The van der Waals surface area contributed by atoms with Gasteiger partial charge in [0.25, 0.3) is 0 Å². The molecule has 0 aliphatic carbocycles. The minimum absolute atomic E-state index is 0.0726. The molecule has 2 aliphatic heterocycles. The minimum atomic E-state index is -0.913. The summed E-state index contributed by atoms with van der Waals surface area (Å²) in [7, 11) is 1.74. The van der Waals surface area contributed by atoms with Crippen LogP contribution in [0.1, 0.15) is 26.7 Å². The number of allylic oxidation sites excluding steroid dienone is 1. The fourth-order valence-electron chi connectivity index (χ4n) is 2.18. The molecule has 2 heterocycles. The highest BCUT2D eigenvalue weighted by atomic mass is 16.2. The number of carbonyl (C=O) groups is 2. The average Bonchev–Trinajstić information content (AvgIpc) is 2.24. The van der Waals surface area contributed by atoms with Crippen molar-refractivity contribution in [2.75, 3.05) is 13.6 Å². The Morgan fingerprint density at radius 2 is 1.93 bits per heavy atom. The van der Waals surface area contributed by atoms with Gasteiger partial charge >= 0.3 is 0 Å². The molecule has 2 rings (SSSR count). The summed E-state index contributed by atoms with van der Waals surface area (Å²) in [4.78, 5) is 27.3. The number of carbonyl (C=O) groups excluding carboxylic acids is 2. The molecule has 0 radical (unpaired) electrons. The number of hydrogen-bond donors (Lipinski definition) is 0. The van der Waals surface area contributed by atoms with Crippen molar-refractivity contribution in [3.63, 3.8) is 0 Å². The third kappa shape index (κ3) is 1.28. The van der Waals surface area contributed by atoms with Crippen LogP contribution in [0.25, 0.3) is 0 Å². The Balaban J connectivity index is 2.45. The van der Waals surface area contributed by atoms with Crippen molar-refractivity contribution in [2.45, 2.75) is 26.7 Å². The normalized spacial score (nSPS) is 25.1. The second-order valence-electron chi connectivity index (χ2n) is 4.65. The summed E-state index contributed by atoms with van der Waals surface area (Å²) < 4.78 is 0. The summed E-state index contributed by atoms with van der Waals surface area (Å²) in [6.07, 6.45) is 3.89. The number of rotatable bonds is 0. The Morgan fingerprint density at radius 3 is 2.60 bits per heavy atom. The Kier molecular flexibility index (Phi) is 2.10. The third-order valence-corrected chi connectivity index (χ3v) is 3.15. The molecule has 0 unspecified atom stereocenters. The zero-order valence-electron chi connectivity index (χ0n) is 9.41. The van der Waals surface area contributed by atoms with Gasteiger partial charge in [-0.25, -0.2) is 0 Å². The lowest BCUT2D eigenvalue weighted by Gasteiger charge is -2.44. The van der Waals surface area contributed by atoms with Crippen LogP contribution in [0, 0.1) is 5.41 Å². The molecule has 82 valence electrons. The van der Waals surface area contributed by atoms with Gasteiger partial charge in [-0.1, -0.05) is 0 Å². The Morgan fingerprint density at radius 1 is 1.27 bits per heavy atom. The first kappa shape index (κ1) is 10.2. The molecule has 1 saturated heterocycles. The molecule has 2 aliphatic rings. The highest BCUT2D eigenvalue weighted by Gasteiger charge is 2.48. The van der Waals surface area contributed by atoms with E-state index >= 15 is 0 Å². The summed E-state index contributed by atoms with van der Waals surface area (Å²) in [6, 6.07) is 0. The molecular weight excluding hydrogens is 192 g/mol. The molecule has 0 saturated carbocycles. The van der Waals surface area contributed by atoms with Crippen molar-refractivity contribution in [3.05, 3.63) is 11.9 Å². The lowest BCUT2D eigenvalue weighted by molar-refractivity contribution is -0.159. The van der Waals surface area contributed by atoms with E-state index in [2.05, 4.69) is 0 Å². The Labute approximate surface area is 89.5 Å². The summed E-state index contributed by atoms with van der Waals surface area (Å²) in [5.74, 6) is 0.573. The zero-order valence-corrected chi connectivity index (χ0v) is 9.41. The predicted octanol–water partition coefficient (Wildman–Crippen LogP) is 0.948. The summed E-state index contributed by atoms with van der Waals surface area (Å²) in [5, 5.41) is 0. The van der Waals surface area contributed by atoms with Crippen LogP contribution in [0.5, 0.6) is 0 Å². The van der Waals surface area contributed by atoms with E-state index < -0.39 is 5.41 Å². The van der Waals surface area contributed by atoms with Crippen LogP contribution >= 0.6 is 0 Å². The molecule has 15 heavy (non-hydrogen) atoms. The molecule has 0 N–H and O–H groups in total. The van der Waals surface area contributed by atoms with Gasteiger partial charge in [-0.05, 0) is 32.8 Å². The van der Waals surface area contributed by atoms with Gasteiger partial charge < -0.3 is 4.90 Å². The minimum Gasteiger partial charge on any atom is -0.301 e. The van der Waals surface area contributed by atoms with Crippen molar-refractivity contribution in [1.29, 1.82) is 0 Å². The van der Waals surface area contributed by atoms with E-state index in [0.717, 1.165) is 25.2 Å². The smallest absolute Gasteiger partial charge is 0.243 e. The lowest BCUT2D eigenvalue weighted by Crippen LogP contribution is -2.58. The maximum Gasteiger partial charge on any atom is 0.243 e. The maximum absolute atomic E-state index is 12.1. The monoisotopic (exact) mass is 208 g/mol. The molecular formula is C11H16N2O2. The molecule has 0 bridgehead atoms. The Hall–Kier alpha value is -1.32. The van der Waals surface area contributed by atoms with E-state index in [4.69, 9.17) is 0 Å². The van der Waals surface area contributed by atoms with Crippen LogP contribution in [0.15, 0.2) is 11.9 Å². The first-order chi connectivity index (χ1) is 6.96. The standard InChI is InChI=1S/C11H16N2O2/c1-11(2)9(14)12(3)8-6-4-5-7-13(8)10(11)15/h6H,4-5,7H2,1-3H3. The maximum atomic E-state index is 12.1. The first-order valence-electron chi connectivity index (χ1n) is 5.26. The average molecular weight is 208 g/mol. The van der Waals surface area contributed by atoms with Gasteiger partial charge in [-0.2, -0.15) is 0 Å². The molecule has 0 aromatic rings. The van der Waals surface area contributed by atoms with E-state index in [9.17, 15) is 9.59 Å². The number of nitrogens with zero attached hydrogens (tertiary/aromatic N) is 2. The van der Waals surface area contributed by atoms with E-state index in [1.165, 1.54) is 0 Å². The number of amides is 2. The van der Waals surface area contributed by atoms with Gasteiger partial charge in [0.15, 0.2) is 0 Å². The van der Waals surface area contributed by atoms with E-state index in [-0.39, 0.29) is 11.8 Å². The van der Waals surface area contributed by atoms with Crippen LogP contribution in [0.3, 0.4) is 0 Å². The third-order valence-electron chi connectivity index (χ3n) is 3.15. The summed E-state index contributed by atoms with van der Waals surface area (Å²) in [5.41, 5.74) is -0.913. The highest BCUT2D eigenvalue weighted by molar-refractivity contribution is 6.07. The van der Waals surface area contributed by atoms with Crippen LogP contribution < -0.4 is 0 Å². The van der Waals surface area contributed by atoms with Crippen LogP contribution in [-0.4, -0.2) is 35.2 Å². The van der Waals surface area contributed by atoms with Crippen LogP contribution in [-0.2, 0) is 9.59 Å². The second-order valence-corrected chi connectivity index (χ2v) is 4.65. The van der Waals surface area contributed by atoms with Gasteiger partial charge in [-0.15, -0.1) is 0 Å². The Bertz CT molecular complexity index is 358. The molecule has 0 spiro atoms. The van der Waals surface area contributed by atoms with Crippen molar-refractivity contribution in [1.82, 2.24) is 9.80 Å². The number of hydrogen-bond acceptors (Lipinski definition) is 2. The van der Waals surface area contributed by atoms with Crippen molar-refractivity contribution in [2.24, 2.45) is 5.41 Å². The van der Waals surface area contributed by atoms with E-state index in [0.29, 0.717) is 0 Å².